The first-order chi connectivity index (χ1) is 6.40. The molecule has 1 saturated heterocycles. The second kappa shape index (κ2) is 4.25. The first-order valence-electron chi connectivity index (χ1n) is 4.74. The second-order valence-corrected chi connectivity index (χ2v) is 4.25. The van der Waals surface area contributed by atoms with Crippen molar-refractivity contribution in [2.45, 2.75) is 18.4 Å². The van der Waals surface area contributed by atoms with Crippen LogP contribution < -0.4 is 5.32 Å². The maximum Gasteiger partial charge on any atom is 0.0186 e. The molecular formula is C11H14BrN. The zero-order valence-electron chi connectivity index (χ0n) is 7.54. The van der Waals surface area contributed by atoms with Crippen molar-refractivity contribution in [1.29, 1.82) is 0 Å². The topological polar surface area (TPSA) is 12.0 Å². The number of halogens is 1. The van der Waals surface area contributed by atoms with Crippen molar-refractivity contribution >= 4 is 15.9 Å². The third-order valence-electron chi connectivity index (χ3n) is 2.68. The van der Waals surface area contributed by atoms with E-state index in [9.17, 15) is 0 Å². The predicted octanol–water partition coefficient (Wildman–Crippen LogP) is 2.53. The molecule has 1 N–H and O–H groups in total. The first kappa shape index (κ1) is 9.22. The van der Waals surface area contributed by atoms with Crippen molar-refractivity contribution < 1.29 is 0 Å². The summed E-state index contributed by atoms with van der Waals surface area (Å²) in [5.41, 5.74) is 1.47. The summed E-state index contributed by atoms with van der Waals surface area (Å²) in [4.78, 5) is 0. The summed E-state index contributed by atoms with van der Waals surface area (Å²) in [6, 6.07) is 11.4. The Balaban J connectivity index is 2.04. The van der Waals surface area contributed by atoms with Gasteiger partial charge < -0.3 is 5.32 Å². The van der Waals surface area contributed by atoms with E-state index >= 15 is 0 Å². The molecule has 0 radical (unpaired) electrons. The van der Waals surface area contributed by atoms with Crippen LogP contribution in [0.3, 0.4) is 0 Å². The molecule has 0 aromatic heterocycles. The van der Waals surface area contributed by atoms with Crippen molar-refractivity contribution in [2.24, 2.45) is 0 Å². The van der Waals surface area contributed by atoms with Gasteiger partial charge in [-0.1, -0.05) is 46.3 Å². The number of benzene rings is 1. The van der Waals surface area contributed by atoms with E-state index in [1.807, 2.05) is 0 Å². The van der Waals surface area contributed by atoms with Crippen molar-refractivity contribution in [3.8, 4) is 0 Å². The summed E-state index contributed by atoms with van der Waals surface area (Å²) < 4.78 is 0. The third-order valence-corrected chi connectivity index (χ3v) is 3.46. The number of hydrogen-bond acceptors (Lipinski definition) is 1. The molecule has 1 heterocycles. The minimum atomic E-state index is 0.658. The Morgan fingerprint density at radius 2 is 2.08 bits per heavy atom. The van der Waals surface area contributed by atoms with E-state index in [0.717, 1.165) is 11.9 Å². The highest BCUT2D eigenvalue weighted by molar-refractivity contribution is 9.09. The second-order valence-electron chi connectivity index (χ2n) is 3.60. The number of hydrogen-bond donors (Lipinski definition) is 1. The zero-order chi connectivity index (χ0) is 9.10. The van der Waals surface area contributed by atoms with Gasteiger partial charge in [0.05, 0.1) is 0 Å². The normalized spacial score (nSPS) is 27.8. The average Bonchev–Trinajstić information content (AvgIpc) is 2.67. The maximum atomic E-state index is 3.51. The van der Waals surface area contributed by atoms with E-state index in [1.165, 1.54) is 12.0 Å². The van der Waals surface area contributed by atoms with Crippen LogP contribution in [0.2, 0.25) is 0 Å². The SMILES string of the molecule is BrCC1CC(c2ccccc2)CN1. The van der Waals surface area contributed by atoms with Gasteiger partial charge in [0.1, 0.15) is 0 Å². The lowest BCUT2D eigenvalue weighted by molar-refractivity contribution is 0.672. The molecular weight excluding hydrogens is 226 g/mol. The lowest BCUT2D eigenvalue weighted by atomic mass is 9.97. The van der Waals surface area contributed by atoms with Gasteiger partial charge in [0, 0.05) is 17.9 Å². The molecule has 13 heavy (non-hydrogen) atoms. The molecule has 2 atom stereocenters. The van der Waals surface area contributed by atoms with Crippen molar-refractivity contribution in [1.82, 2.24) is 5.32 Å². The van der Waals surface area contributed by atoms with Crippen LogP contribution in [0.15, 0.2) is 30.3 Å². The molecule has 0 bridgehead atoms. The van der Waals surface area contributed by atoms with Crippen LogP contribution in [0.1, 0.15) is 17.9 Å². The van der Waals surface area contributed by atoms with E-state index in [0.29, 0.717) is 12.0 Å². The number of rotatable bonds is 2. The molecule has 2 heteroatoms. The van der Waals surface area contributed by atoms with E-state index in [-0.39, 0.29) is 0 Å². The Kier molecular flexibility index (Phi) is 3.01. The molecule has 1 aromatic carbocycles. The fourth-order valence-corrected chi connectivity index (χ4v) is 2.41. The largest absolute Gasteiger partial charge is 0.313 e. The monoisotopic (exact) mass is 239 g/mol. The van der Waals surface area contributed by atoms with Gasteiger partial charge in [-0.2, -0.15) is 0 Å². The van der Waals surface area contributed by atoms with Gasteiger partial charge in [-0.25, -0.2) is 0 Å². The Hall–Kier alpha value is -0.340. The molecule has 70 valence electrons. The molecule has 0 spiro atoms. The lowest BCUT2D eigenvalue weighted by Gasteiger charge is -2.08. The van der Waals surface area contributed by atoms with Crippen LogP contribution in [0.25, 0.3) is 0 Å². The van der Waals surface area contributed by atoms with Crippen LogP contribution in [0.5, 0.6) is 0 Å². The van der Waals surface area contributed by atoms with Gasteiger partial charge in [-0.05, 0) is 17.9 Å². The summed E-state index contributed by atoms with van der Waals surface area (Å²) in [7, 11) is 0. The molecule has 1 fully saturated rings. The smallest absolute Gasteiger partial charge is 0.0186 e. The summed E-state index contributed by atoms with van der Waals surface area (Å²) in [6.07, 6.45) is 1.26. The summed E-state index contributed by atoms with van der Waals surface area (Å²) >= 11 is 3.51. The molecule has 1 aromatic rings. The number of nitrogens with one attached hydrogen (secondary N) is 1. The molecule has 1 aliphatic heterocycles. The molecule has 2 rings (SSSR count). The van der Waals surface area contributed by atoms with Crippen LogP contribution in [-0.4, -0.2) is 17.9 Å². The van der Waals surface area contributed by atoms with Crippen molar-refractivity contribution in [3.05, 3.63) is 35.9 Å². The minimum absolute atomic E-state index is 0.658. The van der Waals surface area contributed by atoms with Gasteiger partial charge in [-0.3, -0.25) is 0 Å². The Morgan fingerprint density at radius 1 is 1.31 bits per heavy atom. The Morgan fingerprint density at radius 3 is 2.69 bits per heavy atom. The fourth-order valence-electron chi connectivity index (χ4n) is 1.92. The van der Waals surface area contributed by atoms with Crippen LogP contribution in [0, 0.1) is 0 Å². The summed E-state index contributed by atoms with van der Waals surface area (Å²) in [5, 5.41) is 4.57. The Labute approximate surface area is 87.7 Å². The molecule has 1 aliphatic rings. The van der Waals surface area contributed by atoms with Gasteiger partial charge in [-0.15, -0.1) is 0 Å². The molecule has 1 nitrogen and oxygen atoms in total. The van der Waals surface area contributed by atoms with Crippen LogP contribution in [-0.2, 0) is 0 Å². The molecule has 2 unspecified atom stereocenters. The first-order valence-corrected chi connectivity index (χ1v) is 5.86. The van der Waals surface area contributed by atoms with Gasteiger partial charge in [0.15, 0.2) is 0 Å². The van der Waals surface area contributed by atoms with Crippen LogP contribution in [0.4, 0.5) is 0 Å². The predicted molar refractivity (Wildman–Crippen MR) is 59.4 cm³/mol. The highest BCUT2D eigenvalue weighted by atomic mass is 79.9. The zero-order valence-corrected chi connectivity index (χ0v) is 9.13. The molecule has 0 saturated carbocycles. The minimum Gasteiger partial charge on any atom is -0.313 e. The van der Waals surface area contributed by atoms with Gasteiger partial charge >= 0.3 is 0 Å². The highest BCUT2D eigenvalue weighted by Crippen LogP contribution is 2.25. The quantitative estimate of drug-likeness (QED) is 0.783. The maximum absolute atomic E-state index is 3.51. The van der Waals surface area contributed by atoms with Crippen molar-refractivity contribution in [2.75, 3.05) is 11.9 Å². The number of alkyl halides is 1. The van der Waals surface area contributed by atoms with E-state index in [1.54, 1.807) is 0 Å². The van der Waals surface area contributed by atoms with Gasteiger partial charge in [0.25, 0.3) is 0 Å². The van der Waals surface area contributed by atoms with Crippen molar-refractivity contribution in [3.63, 3.8) is 0 Å². The van der Waals surface area contributed by atoms with E-state index in [2.05, 4.69) is 51.6 Å². The lowest BCUT2D eigenvalue weighted by Crippen LogP contribution is -2.22. The van der Waals surface area contributed by atoms with E-state index < -0.39 is 0 Å². The molecule has 0 aliphatic carbocycles. The summed E-state index contributed by atoms with van der Waals surface area (Å²) in [6.45, 7) is 1.13. The van der Waals surface area contributed by atoms with E-state index in [4.69, 9.17) is 0 Å². The van der Waals surface area contributed by atoms with Crippen LogP contribution >= 0.6 is 15.9 Å². The fraction of sp³-hybridized carbons (Fsp3) is 0.455. The average molecular weight is 240 g/mol. The van der Waals surface area contributed by atoms with Gasteiger partial charge in [0.2, 0.25) is 0 Å². The summed E-state index contributed by atoms with van der Waals surface area (Å²) in [5.74, 6) is 0.712. The Bertz CT molecular complexity index is 260. The standard InChI is InChI=1S/C11H14BrN/c12-7-11-6-10(8-13-11)9-4-2-1-3-5-9/h1-5,10-11,13H,6-8H2. The highest BCUT2D eigenvalue weighted by Gasteiger charge is 2.23. The molecule has 0 amide bonds. The third kappa shape index (κ3) is 2.12.